The summed E-state index contributed by atoms with van der Waals surface area (Å²) in [6.45, 7) is 6.70. The fourth-order valence-electron chi connectivity index (χ4n) is 8.56. The molecule has 2 fully saturated rings. The van der Waals surface area contributed by atoms with Crippen LogP contribution >= 0.6 is 0 Å². The number of ether oxygens (including phenoxy) is 5. The maximum absolute atomic E-state index is 14.2. The molecule has 8 unspecified atom stereocenters. The molecule has 2 saturated heterocycles. The molecule has 0 aromatic heterocycles. The SMILES string of the molecule is CCC(C)[C@H](NC(=O)C1[C@@H]2CC(O[C@@H]3OC[C@@H](O)[C@H](N)[C@@H]3O)/C=C/C=C/C=C/C=C/C=C/C=C/C=C/[C@H](C)[C@@H](O)C[C@H](C)OC(=O)CC(O)CC(O)CC[C@@H](O)C(O)CC(O)CC(O)(C[C@@H]1O)O2)C(=O)OC. The first-order valence-corrected chi connectivity index (χ1v) is 24.9. The Morgan fingerprint density at radius 3 is 1.94 bits per heavy atom. The van der Waals surface area contributed by atoms with Crippen LogP contribution in [0.4, 0.5) is 0 Å². The average Bonchev–Trinajstić information content (AvgIpc) is 3.30. The molecule has 20 nitrogen and oxygen atoms in total. The molecule has 3 aliphatic rings. The molecule has 13 N–H and O–H groups in total. The number of allylic oxidation sites excluding steroid dienone is 12. The number of aliphatic hydroxyl groups excluding tert-OH is 9. The lowest BCUT2D eigenvalue weighted by Gasteiger charge is -2.46. The topological polar surface area (TPSA) is 338 Å². The molecule has 20 heteroatoms. The van der Waals surface area contributed by atoms with Crippen LogP contribution in [0.3, 0.4) is 0 Å². The molecule has 0 aromatic carbocycles. The van der Waals surface area contributed by atoms with Crippen molar-refractivity contribution in [1.29, 1.82) is 0 Å². The van der Waals surface area contributed by atoms with Gasteiger partial charge in [0.25, 0.3) is 0 Å². The Bertz CT molecular complexity index is 1860. The molecular weight excluding hydrogens is 941 g/mol. The molecule has 0 aliphatic carbocycles. The molecule has 72 heavy (non-hydrogen) atoms. The van der Waals surface area contributed by atoms with E-state index >= 15 is 0 Å². The van der Waals surface area contributed by atoms with Crippen LogP contribution in [0.15, 0.2) is 85.1 Å². The van der Waals surface area contributed by atoms with E-state index in [0.29, 0.717) is 6.42 Å². The number of hydrogen-bond acceptors (Lipinski definition) is 19. The molecule has 3 aliphatic heterocycles. The fourth-order valence-corrected chi connectivity index (χ4v) is 8.56. The minimum Gasteiger partial charge on any atom is -0.467 e. The van der Waals surface area contributed by atoms with Gasteiger partial charge in [-0.1, -0.05) is 112 Å². The first kappa shape index (κ1) is 62.3. The first-order chi connectivity index (χ1) is 34.1. The monoisotopic (exact) mass is 1020 g/mol. The number of carbonyl (C=O) groups excluding carboxylic acids is 3. The zero-order valence-electron chi connectivity index (χ0n) is 42.1. The van der Waals surface area contributed by atoms with Crippen LogP contribution in [-0.4, -0.2) is 180 Å². The van der Waals surface area contributed by atoms with Gasteiger partial charge in [-0.3, -0.25) is 9.59 Å². The van der Waals surface area contributed by atoms with E-state index in [-0.39, 0.29) is 44.6 Å². The molecule has 1 amide bonds. The second-order valence-electron chi connectivity index (χ2n) is 19.3. The van der Waals surface area contributed by atoms with Crippen molar-refractivity contribution in [2.45, 2.75) is 189 Å². The van der Waals surface area contributed by atoms with Crippen LogP contribution in [0.1, 0.15) is 91.9 Å². The Hall–Kier alpha value is -3.97. The summed E-state index contributed by atoms with van der Waals surface area (Å²) in [5.74, 6) is -6.79. The van der Waals surface area contributed by atoms with Gasteiger partial charge in [-0.05, 0) is 32.1 Å². The van der Waals surface area contributed by atoms with Gasteiger partial charge in [0.2, 0.25) is 5.91 Å². The molecule has 0 radical (unpaired) electrons. The summed E-state index contributed by atoms with van der Waals surface area (Å²) < 4.78 is 28.3. The highest BCUT2D eigenvalue weighted by molar-refractivity contribution is 5.86. The molecule has 19 atom stereocenters. The van der Waals surface area contributed by atoms with Crippen molar-refractivity contribution in [2.24, 2.45) is 23.5 Å². The Balaban J connectivity index is 1.97. The summed E-state index contributed by atoms with van der Waals surface area (Å²) in [6.07, 6.45) is 4.94. The quantitative estimate of drug-likeness (QED) is 0.156. The van der Waals surface area contributed by atoms with Crippen molar-refractivity contribution >= 4 is 17.8 Å². The standard InChI is InChI=1S/C52H82N2O18/c1-6-31(2)47(50(66)68-5)54-49(65)45-41(61)29-52(67)28-36(57)25-40(60)38(58)22-21-34(55)24-35(56)26-44(63)70-33(4)23-39(59)32(3)19-17-15-13-11-9-7-8-10-12-14-16-18-20-37(27-43(45)72-52)71-51-48(64)46(53)42(62)30-69-51/h7-20,31-43,45-48,51,55-62,64,67H,6,21-30,53H2,1-5H3,(H,54,65)/b8-7+,11-9+,12-10+,15-13+,16-14+,19-17+,20-18+/t31?,32-,33-,34?,35?,36?,37?,38+,39-,40?,41-,42+,43-,45?,46-,47-,48-,51-,52?/m0/s1. The van der Waals surface area contributed by atoms with E-state index in [9.17, 15) is 65.4 Å². The van der Waals surface area contributed by atoms with Crippen LogP contribution in [0, 0.1) is 17.8 Å². The summed E-state index contributed by atoms with van der Waals surface area (Å²) in [6, 6.07) is -2.28. The predicted molar refractivity (Wildman–Crippen MR) is 264 cm³/mol. The van der Waals surface area contributed by atoms with Crippen molar-refractivity contribution in [2.75, 3.05) is 13.7 Å². The van der Waals surface area contributed by atoms with Crippen LogP contribution in [0.2, 0.25) is 0 Å². The van der Waals surface area contributed by atoms with E-state index in [2.05, 4.69) is 5.32 Å². The van der Waals surface area contributed by atoms with Crippen molar-refractivity contribution in [3.63, 3.8) is 0 Å². The minimum absolute atomic E-state index is 0.116. The number of nitrogens with two attached hydrogens (primary N) is 1. The Labute approximate surface area is 422 Å². The Morgan fingerprint density at radius 1 is 0.750 bits per heavy atom. The summed E-state index contributed by atoms with van der Waals surface area (Å²) in [4.78, 5) is 39.6. The highest BCUT2D eigenvalue weighted by Crippen LogP contribution is 2.38. The third-order valence-corrected chi connectivity index (χ3v) is 13.0. The highest BCUT2D eigenvalue weighted by Gasteiger charge is 2.51. The lowest BCUT2D eigenvalue weighted by atomic mass is 9.81. The Morgan fingerprint density at radius 2 is 1.35 bits per heavy atom. The van der Waals surface area contributed by atoms with Crippen LogP contribution in [0.5, 0.6) is 0 Å². The molecule has 408 valence electrons. The Kier molecular flexibility index (Phi) is 27.4. The summed E-state index contributed by atoms with van der Waals surface area (Å²) >= 11 is 0. The van der Waals surface area contributed by atoms with Gasteiger partial charge >= 0.3 is 11.9 Å². The lowest BCUT2D eigenvalue weighted by molar-refractivity contribution is -0.304. The van der Waals surface area contributed by atoms with Crippen molar-refractivity contribution in [3.05, 3.63) is 85.1 Å². The second-order valence-corrected chi connectivity index (χ2v) is 19.3. The third kappa shape index (κ3) is 21.5. The number of aliphatic hydroxyl groups is 10. The van der Waals surface area contributed by atoms with Gasteiger partial charge in [0.1, 0.15) is 18.2 Å². The van der Waals surface area contributed by atoms with Crippen molar-refractivity contribution in [1.82, 2.24) is 5.32 Å². The maximum Gasteiger partial charge on any atom is 0.328 e. The number of hydrogen-bond donors (Lipinski definition) is 12. The van der Waals surface area contributed by atoms with Gasteiger partial charge in [0, 0.05) is 38.0 Å². The number of esters is 2. The molecule has 0 aromatic rings. The predicted octanol–water partition coefficient (Wildman–Crippen LogP) is 0.697. The number of carbonyl (C=O) groups is 3. The molecule has 3 heterocycles. The number of cyclic esters (lactones) is 1. The van der Waals surface area contributed by atoms with E-state index in [0.717, 1.165) is 0 Å². The molecule has 0 saturated carbocycles. The van der Waals surface area contributed by atoms with E-state index < -0.39 is 153 Å². The van der Waals surface area contributed by atoms with Crippen LogP contribution in [-0.2, 0) is 38.1 Å². The molecule has 0 spiro atoms. The number of amides is 1. The number of methoxy groups -OCH3 is 1. The molecule has 2 bridgehead atoms. The van der Waals surface area contributed by atoms with Gasteiger partial charge in [-0.2, -0.15) is 0 Å². The van der Waals surface area contributed by atoms with E-state index in [1.165, 1.54) is 7.11 Å². The van der Waals surface area contributed by atoms with Crippen molar-refractivity contribution in [3.8, 4) is 0 Å². The zero-order chi connectivity index (χ0) is 53.5. The highest BCUT2D eigenvalue weighted by atomic mass is 16.7. The van der Waals surface area contributed by atoms with E-state index in [4.69, 9.17) is 29.4 Å². The van der Waals surface area contributed by atoms with Gasteiger partial charge in [0.15, 0.2) is 12.1 Å². The second kappa shape index (κ2) is 31.7. The summed E-state index contributed by atoms with van der Waals surface area (Å²) in [5, 5.41) is 112. The van der Waals surface area contributed by atoms with E-state index in [1.807, 2.05) is 26.0 Å². The van der Waals surface area contributed by atoms with E-state index in [1.54, 1.807) is 86.8 Å². The number of rotatable bonds is 7. The van der Waals surface area contributed by atoms with Crippen LogP contribution < -0.4 is 11.1 Å². The largest absolute Gasteiger partial charge is 0.467 e. The van der Waals surface area contributed by atoms with Gasteiger partial charge in [-0.15, -0.1) is 0 Å². The normalized spacial score (nSPS) is 40.9. The van der Waals surface area contributed by atoms with Crippen molar-refractivity contribution < 1.29 is 89.1 Å². The van der Waals surface area contributed by atoms with Gasteiger partial charge in [0.05, 0.1) is 93.1 Å². The number of nitrogens with one attached hydrogen (secondary N) is 1. The summed E-state index contributed by atoms with van der Waals surface area (Å²) in [5.41, 5.74) is 6.03. The first-order valence-electron chi connectivity index (χ1n) is 24.9. The van der Waals surface area contributed by atoms with Gasteiger partial charge in [-0.25, -0.2) is 4.79 Å². The fraction of sp³-hybridized carbons (Fsp3) is 0.673. The number of fused-ring (bicyclic) bond motifs is 2. The summed E-state index contributed by atoms with van der Waals surface area (Å²) in [7, 11) is 1.17. The minimum atomic E-state index is -2.36. The molecular formula is C52H82N2O18. The lowest BCUT2D eigenvalue weighted by Crippen LogP contribution is -2.60. The maximum atomic E-state index is 14.2. The smallest absolute Gasteiger partial charge is 0.328 e. The van der Waals surface area contributed by atoms with Crippen LogP contribution in [0.25, 0.3) is 0 Å². The average molecular weight is 1020 g/mol. The zero-order valence-corrected chi connectivity index (χ0v) is 42.1. The molecule has 3 rings (SSSR count). The third-order valence-electron chi connectivity index (χ3n) is 13.0. The van der Waals surface area contributed by atoms with Gasteiger partial charge < -0.3 is 85.8 Å².